The minimum absolute atomic E-state index is 0.204. The van der Waals surface area contributed by atoms with E-state index < -0.39 is 0 Å². The van der Waals surface area contributed by atoms with E-state index in [-0.39, 0.29) is 5.91 Å². The Morgan fingerprint density at radius 1 is 1.28 bits per heavy atom. The molecule has 25 heavy (non-hydrogen) atoms. The molecule has 0 N–H and O–H groups in total. The van der Waals surface area contributed by atoms with Crippen LogP contribution in [0.1, 0.15) is 19.3 Å². The molecule has 0 radical (unpaired) electrons. The molecule has 1 fully saturated rings. The van der Waals surface area contributed by atoms with E-state index in [1.54, 1.807) is 6.20 Å². The molecule has 2 aromatic heterocycles. The monoisotopic (exact) mass is 338 g/mol. The normalized spacial score (nSPS) is 17.9. The number of likely N-dealkylation sites (tertiary alicyclic amines) is 1. The summed E-state index contributed by atoms with van der Waals surface area (Å²) in [5.41, 5.74) is 1.85. The molecule has 0 bridgehead atoms. The van der Waals surface area contributed by atoms with E-state index >= 15 is 0 Å². The van der Waals surface area contributed by atoms with Gasteiger partial charge in [-0.3, -0.25) is 4.79 Å². The van der Waals surface area contributed by atoms with E-state index in [2.05, 4.69) is 19.9 Å². The Morgan fingerprint density at radius 2 is 2.20 bits per heavy atom. The first-order chi connectivity index (χ1) is 12.3. The summed E-state index contributed by atoms with van der Waals surface area (Å²) in [4.78, 5) is 18.7. The number of nitrogens with zero attached hydrogens (tertiary/aromatic N) is 6. The summed E-state index contributed by atoms with van der Waals surface area (Å²) in [6.07, 6.45) is 8.32. The Balaban J connectivity index is 1.34. The molecule has 1 atom stereocenters. The quantitative estimate of drug-likeness (QED) is 0.713. The number of rotatable bonds is 5. The van der Waals surface area contributed by atoms with Crippen LogP contribution >= 0.6 is 0 Å². The van der Waals surface area contributed by atoms with Crippen molar-refractivity contribution < 1.29 is 4.79 Å². The molecule has 7 heteroatoms. The molecule has 0 spiro atoms. The number of hydrogen-bond donors (Lipinski definition) is 0. The molecule has 1 saturated heterocycles. The van der Waals surface area contributed by atoms with Crippen molar-refractivity contribution in [2.45, 2.75) is 32.4 Å². The van der Waals surface area contributed by atoms with E-state index in [0.29, 0.717) is 18.9 Å². The van der Waals surface area contributed by atoms with Crippen molar-refractivity contribution >= 4 is 16.9 Å². The van der Waals surface area contributed by atoms with Crippen molar-refractivity contribution in [1.82, 2.24) is 29.4 Å². The van der Waals surface area contributed by atoms with Crippen LogP contribution in [-0.2, 0) is 17.9 Å². The molecule has 1 aliphatic heterocycles. The zero-order valence-corrected chi connectivity index (χ0v) is 14.2. The fourth-order valence-electron chi connectivity index (χ4n) is 3.58. The highest BCUT2D eigenvalue weighted by molar-refractivity contribution is 5.77. The van der Waals surface area contributed by atoms with Crippen molar-refractivity contribution in [2.75, 3.05) is 13.1 Å². The summed E-state index contributed by atoms with van der Waals surface area (Å²) in [5.74, 6) is 0.703. The van der Waals surface area contributed by atoms with Gasteiger partial charge in [-0.1, -0.05) is 17.3 Å². The van der Waals surface area contributed by atoms with Crippen LogP contribution in [0.5, 0.6) is 0 Å². The Morgan fingerprint density at radius 3 is 3.08 bits per heavy atom. The van der Waals surface area contributed by atoms with Crippen LogP contribution in [0.4, 0.5) is 0 Å². The Labute approximate surface area is 146 Å². The molecule has 1 aliphatic rings. The van der Waals surface area contributed by atoms with Gasteiger partial charge in [-0.2, -0.15) is 0 Å². The molecule has 1 amide bonds. The minimum atomic E-state index is 0.204. The second-order valence-corrected chi connectivity index (χ2v) is 6.66. The molecule has 3 aromatic rings. The molecular formula is C18H22N6O. The fraction of sp³-hybridized carbons (Fsp3) is 0.444. The van der Waals surface area contributed by atoms with Crippen molar-refractivity contribution in [3.05, 3.63) is 43.0 Å². The summed E-state index contributed by atoms with van der Waals surface area (Å²) >= 11 is 0. The molecular weight excluding hydrogens is 316 g/mol. The number of benzene rings is 1. The maximum absolute atomic E-state index is 12.6. The summed E-state index contributed by atoms with van der Waals surface area (Å²) < 4.78 is 3.92. The first kappa shape index (κ1) is 15.8. The minimum Gasteiger partial charge on any atom is -0.342 e. The van der Waals surface area contributed by atoms with Crippen LogP contribution in [0.2, 0.25) is 0 Å². The second kappa shape index (κ2) is 7.04. The summed E-state index contributed by atoms with van der Waals surface area (Å²) in [6, 6.07) is 7.84. The second-order valence-electron chi connectivity index (χ2n) is 6.66. The number of aromatic nitrogens is 5. The summed E-state index contributed by atoms with van der Waals surface area (Å²) in [5, 5.41) is 8.31. The van der Waals surface area contributed by atoms with Gasteiger partial charge in [0.15, 0.2) is 0 Å². The fourth-order valence-corrected chi connectivity index (χ4v) is 3.58. The van der Waals surface area contributed by atoms with Crippen LogP contribution in [0.15, 0.2) is 43.0 Å². The SMILES string of the molecule is O=C(CCn1nnc2ccccc21)N1CCC[C@H](Cn2ccnc2)C1. The lowest BCUT2D eigenvalue weighted by Gasteiger charge is -2.33. The predicted molar refractivity (Wildman–Crippen MR) is 93.7 cm³/mol. The number of fused-ring (bicyclic) bond motifs is 1. The van der Waals surface area contributed by atoms with Crippen molar-refractivity contribution in [3.8, 4) is 0 Å². The molecule has 7 nitrogen and oxygen atoms in total. The van der Waals surface area contributed by atoms with Crippen LogP contribution < -0.4 is 0 Å². The standard InChI is InChI=1S/C18H22N6O/c25-18(7-10-24-17-6-2-1-5-16(17)20-21-24)23-9-3-4-15(13-23)12-22-11-8-19-14-22/h1-2,5-6,8,11,14-15H,3-4,7,9-10,12-13H2/t15-/m1/s1. The van der Waals surface area contributed by atoms with Gasteiger partial charge in [0, 0.05) is 38.4 Å². The third-order valence-corrected chi connectivity index (χ3v) is 4.86. The predicted octanol–water partition coefficient (Wildman–Crippen LogP) is 1.96. The summed E-state index contributed by atoms with van der Waals surface area (Å²) in [7, 11) is 0. The maximum Gasteiger partial charge on any atom is 0.224 e. The van der Waals surface area contributed by atoms with Crippen LogP contribution in [0.3, 0.4) is 0 Å². The zero-order chi connectivity index (χ0) is 17.1. The van der Waals surface area contributed by atoms with Gasteiger partial charge >= 0.3 is 0 Å². The van der Waals surface area contributed by atoms with Crippen LogP contribution in [0, 0.1) is 5.92 Å². The van der Waals surface area contributed by atoms with Gasteiger partial charge in [0.05, 0.1) is 18.4 Å². The van der Waals surface area contributed by atoms with Crippen molar-refractivity contribution in [1.29, 1.82) is 0 Å². The lowest BCUT2D eigenvalue weighted by molar-refractivity contribution is -0.133. The number of amides is 1. The lowest BCUT2D eigenvalue weighted by Crippen LogP contribution is -2.41. The topological polar surface area (TPSA) is 68.8 Å². The molecule has 130 valence electrons. The number of carbonyl (C=O) groups excluding carboxylic acids is 1. The van der Waals surface area contributed by atoms with Gasteiger partial charge in [-0.25, -0.2) is 9.67 Å². The Hall–Kier alpha value is -2.70. The molecule has 3 heterocycles. The smallest absolute Gasteiger partial charge is 0.224 e. The van der Waals surface area contributed by atoms with Crippen LogP contribution in [-0.4, -0.2) is 48.4 Å². The van der Waals surface area contributed by atoms with Gasteiger partial charge in [-0.15, -0.1) is 5.10 Å². The van der Waals surface area contributed by atoms with Gasteiger partial charge in [0.1, 0.15) is 5.52 Å². The number of hydrogen-bond acceptors (Lipinski definition) is 4. The van der Waals surface area contributed by atoms with Gasteiger partial charge < -0.3 is 9.47 Å². The molecule has 0 aliphatic carbocycles. The zero-order valence-electron chi connectivity index (χ0n) is 14.2. The molecule has 4 rings (SSSR count). The largest absolute Gasteiger partial charge is 0.342 e. The third-order valence-electron chi connectivity index (χ3n) is 4.86. The van der Waals surface area contributed by atoms with Crippen molar-refractivity contribution in [2.24, 2.45) is 5.92 Å². The van der Waals surface area contributed by atoms with Gasteiger partial charge in [0.2, 0.25) is 5.91 Å². The summed E-state index contributed by atoms with van der Waals surface area (Å²) in [6.45, 7) is 3.19. The van der Waals surface area contributed by atoms with Crippen molar-refractivity contribution in [3.63, 3.8) is 0 Å². The van der Waals surface area contributed by atoms with E-state index in [1.165, 1.54) is 0 Å². The average Bonchev–Trinajstić information content (AvgIpc) is 3.30. The number of carbonyl (C=O) groups is 1. The number of aryl methyl sites for hydroxylation is 1. The van der Waals surface area contributed by atoms with Crippen LogP contribution in [0.25, 0.3) is 11.0 Å². The highest BCUT2D eigenvalue weighted by Gasteiger charge is 2.23. The van der Waals surface area contributed by atoms with Gasteiger partial charge in [0.25, 0.3) is 0 Å². The molecule has 0 saturated carbocycles. The molecule has 1 aromatic carbocycles. The Kier molecular flexibility index (Phi) is 4.45. The van der Waals surface area contributed by atoms with E-state index in [0.717, 1.165) is 43.5 Å². The number of piperidine rings is 1. The number of imidazole rings is 1. The van der Waals surface area contributed by atoms with Gasteiger partial charge in [-0.05, 0) is 30.9 Å². The first-order valence-corrected chi connectivity index (χ1v) is 8.81. The van der Waals surface area contributed by atoms with E-state index in [9.17, 15) is 4.79 Å². The maximum atomic E-state index is 12.6. The van der Waals surface area contributed by atoms with E-state index in [1.807, 2.05) is 46.4 Å². The van der Waals surface area contributed by atoms with E-state index in [4.69, 9.17) is 0 Å². The lowest BCUT2D eigenvalue weighted by atomic mass is 9.97. The highest BCUT2D eigenvalue weighted by Crippen LogP contribution is 2.19. The molecule has 0 unspecified atom stereocenters. The average molecular weight is 338 g/mol. The Bertz CT molecular complexity index is 840. The number of para-hydroxylation sites is 1. The first-order valence-electron chi connectivity index (χ1n) is 8.81. The third kappa shape index (κ3) is 3.55. The highest BCUT2D eigenvalue weighted by atomic mass is 16.2.